The molecular formula is C17H19F2N3O3. The molecule has 1 aromatic carbocycles. The smallest absolute Gasteiger partial charge is 0.305 e. The van der Waals surface area contributed by atoms with E-state index in [1.54, 1.807) is 16.9 Å². The van der Waals surface area contributed by atoms with Crippen molar-refractivity contribution < 1.29 is 23.5 Å². The number of aliphatic carboxylic acids is 1. The predicted molar refractivity (Wildman–Crippen MR) is 86.0 cm³/mol. The van der Waals surface area contributed by atoms with E-state index in [1.165, 1.54) is 11.0 Å². The van der Waals surface area contributed by atoms with Gasteiger partial charge in [-0.2, -0.15) is 5.10 Å². The molecule has 6 nitrogen and oxygen atoms in total. The van der Waals surface area contributed by atoms with Gasteiger partial charge >= 0.3 is 5.97 Å². The normalized spacial score (nSPS) is 10.9. The molecule has 1 aromatic heterocycles. The van der Waals surface area contributed by atoms with Crippen LogP contribution in [0.3, 0.4) is 0 Å². The fraction of sp³-hybridized carbons (Fsp3) is 0.353. The van der Waals surface area contributed by atoms with Crippen molar-refractivity contribution >= 4 is 11.9 Å². The maximum absolute atomic E-state index is 13.4. The molecule has 134 valence electrons. The zero-order valence-corrected chi connectivity index (χ0v) is 13.9. The van der Waals surface area contributed by atoms with Crippen LogP contribution >= 0.6 is 0 Å². The van der Waals surface area contributed by atoms with Crippen LogP contribution in [0.2, 0.25) is 0 Å². The minimum atomic E-state index is -1.06. The summed E-state index contributed by atoms with van der Waals surface area (Å²) in [6, 6.07) is 4.93. The highest BCUT2D eigenvalue weighted by molar-refractivity contribution is 5.92. The van der Waals surface area contributed by atoms with Gasteiger partial charge in [-0.3, -0.25) is 14.3 Å². The van der Waals surface area contributed by atoms with E-state index in [2.05, 4.69) is 5.10 Å². The number of halogens is 2. The van der Waals surface area contributed by atoms with Crippen LogP contribution in [0.1, 0.15) is 42.4 Å². The van der Waals surface area contributed by atoms with Gasteiger partial charge in [0.1, 0.15) is 5.69 Å². The van der Waals surface area contributed by atoms with Gasteiger partial charge in [-0.1, -0.05) is 6.07 Å². The first kappa shape index (κ1) is 18.6. The maximum atomic E-state index is 13.4. The lowest BCUT2D eigenvalue weighted by Crippen LogP contribution is -2.33. The van der Waals surface area contributed by atoms with Crippen molar-refractivity contribution in [2.75, 3.05) is 6.54 Å². The Morgan fingerprint density at radius 1 is 1.24 bits per heavy atom. The zero-order chi connectivity index (χ0) is 18.6. The molecule has 0 saturated heterocycles. The lowest BCUT2D eigenvalue weighted by molar-refractivity contribution is -0.137. The van der Waals surface area contributed by atoms with E-state index in [1.807, 2.05) is 13.8 Å². The number of rotatable bonds is 7. The first-order valence-corrected chi connectivity index (χ1v) is 7.78. The summed E-state index contributed by atoms with van der Waals surface area (Å²) in [4.78, 5) is 24.7. The first-order valence-electron chi connectivity index (χ1n) is 7.78. The third-order valence-electron chi connectivity index (χ3n) is 3.60. The van der Waals surface area contributed by atoms with Crippen LogP contribution in [0.4, 0.5) is 8.78 Å². The summed E-state index contributed by atoms with van der Waals surface area (Å²) in [7, 11) is 0. The lowest BCUT2D eigenvalue weighted by Gasteiger charge is -2.21. The highest BCUT2D eigenvalue weighted by Gasteiger charge is 2.20. The van der Waals surface area contributed by atoms with Crippen molar-refractivity contribution in [3.8, 4) is 0 Å². The monoisotopic (exact) mass is 351 g/mol. The van der Waals surface area contributed by atoms with Crippen molar-refractivity contribution in [3.05, 3.63) is 53.4 Å². The van der Waals surface area contributed by atoms with Crippen molar-refractivity contribution in [2.45, 2.75) is 32.9 Å². The van der Waals surface area contributed by atoms with Gasteiger partial charge in [0.2, 0.25) is 0 Å². The molecule has 2 rings (SSSR count). The number of carboxylic acids is 1. The molecule has 1 N–H and O–H groups in total. The Kier molecular flexibility index (Phi) is 5.84. The average molecular weight is 351 g/mol. The molecule has 0 spiro atoms. The third-order valence-corrected chi connectivity index (χ3v) is 3.60. The zero-order valence-electron chi connectivity index (χ0n) is 13.9. The summed E-state index contributed by atoms with van der Waals surface area (Å²) in [6.07, 6.45) is 1.39. The van der Waals surface area contributed by atoms with E-state index >= 15 is 0 Å². The number of aromatic nitrogens is 2. The molecule has 1 amide bonds. The number of hydrogen-bond donors (Lipinski definition) is 1. The summed E-state index contributed by atoms with van der Waals surface area (Å²) in [5.41, 5.74) is 0.530. The van der Waals surface area contributed by atoms with Crippen LogP contribution in [0, 0.1) is 11.6 Å². The van der Waals surface area contributed by atoms with E-state index < -0.39 is 23.5 Å². The topological polar surface area (TPSA) is 75.4 Å². The Morgan fingerprint density at radius 2 is 1.96 bits per heavy atom. The number of nitrogens with zero attached hydrogens (tertiary/aromatic N) is 3. The highest BCUT2D eigenvalue weighted by atomic mass is 19.2. The molecule has 0 aliphatic rings. The third kappa shape index (κ3) is 4.85. The summed E-state index contributed by atoms with van der Waals surface area (Å²) < 4.78 is 28.0. The predicted octanol–water partition coefficient (Wildman–Crippen LogP) is 2.86. The molecular weight excluding hydrogens is 332 g/mol. The molecule has 2 aromatic rings. The Hall–Kier alpha value is -2.77. The summed E-state index contributed by atoms with van der Waals surface area (Å²) in [6.45, 7) is 3.70. The molecule has 0 aliphatic carbocycles. The molecule has 25 heavy (non-hydrogen) atoms. The van der Waals surface area contributed by atoms with Crippen LogP contribution in [0.25, 0.3) is 0 Å². The van der Waals surface area contributed by atoms with Gasteiger partial charge in [-0.25, -0.2) is 8.78 Å². The van der Waals surface area contributed by atoms with Gasteiger partial charge in [-0.15, -0.1) is 0 Å². The van der Waals surface area contributed by atoms with Gasteiger partial charge in [-0.05, 0) is 37.6 Å². The van der Waals surface area contributed by atoms with Crippen LogP contribution in [-0.4, -0.2) is 38.2 Å². The molecule has 0 atom stereocenters. The number of carbonyl (C=O) groups is 2. The molecule has 0 saturated carbocycles. The second kappa shape index (κ2) is 7.87. The molecule has 0 bridgehead atoms. The van der Waals surface area contributed by atoms with Gasteiger partial charge in [0.15, 0.2) is 11.6 Å². The molecule has 8 heteroatoms. The van der Waals surface area contributed by atoms with Crippen LogP contribution in [-0.2, 0) is 11.3 Å². The number of amides is 1. The molecule has 0 aliphatic heterocycles. The summed E-state index contributed by atoms with van der Waals surface area (Å²) in [5.74, 6) is -3.53. The van der Waals surface area contributed by atoms with Crippen LogP contribution in [0.15, 0.2) is 30.5 Å². The van der Waals surface area contributed by atoms with Gasteiger partial charge in [0, 0.05) is 25.3 Å². The minimum absolute atomic E-state index is 0.0438. The SMILES string of the molecule is CC(C)n1ccc(C(=O)N(CCC(=O)O)Cc2ccc(F)c(F)c2)n1. The van der Waals surface area contributed by atoms with Crippen molar-refractivity contribution in [2.24, 2.45) is 0 Å². The van der Waals surface area contributed by atoms with Crippen LogP contribution < -0.4 is 0 Å². The molecule has 0 unspecified atom stereocenters. The van der Waals surface area contributed by atoms with Gasteiger partial charge in [0.05, 0.1) is 6.42 Å². The fourth-order valence-corrected chi connectivity index (χ4v) is 2.24. The Morgan fingerprint density at radius 3 is 2.52 bits per heavy atom. The number of carbonyl (C=O) groups excluding carboxylic acids is 1. The molecule has 1 heterocycles. The highest BCUT2D eigenvalue weighted by Crippen LogP contribution is 2.14. The number of benzene rings is 1. The van der Waals surface area contributed by atoms with E-state index in [9.17, 15) is 18.4 Å². The standard InChI is InChI=1S/C17H19F2N3O3/c1-11(2)22-8-5-15(20-22)17(25)21(7-6-16(23)24)10-12-3-4-13(18)14(19)9-12/h3-5,8-9,11H,6-7,10H2,1-2H3,(H,23,24). The number of hydrogen-bond acceptors (Lipinski definition) is 3. The Labute approximate surface area is 143 Å². The largest absolute Gasteiger partial charge is 0.481 e. The van der Waals surface area contributed by atoms with E-state index in [4.69, 9.17) is 5.11 Å². The lowest BCUT2D eigenvalue weighted by atomic mass is 10.2. The van der Waals surface area contributed by atoms with E-state index in [0.29, 0.717) is 5.56 Å². The van der Waals surface area contributed by atoms with E-state index in [-0.39, 0.29) is 31.2 Å². The summed E-state index contributed by atoms with van der Waals surface area (Å²) >= 11 is 0. The van der Waals surface area contributed by atoms with Gasteiger partial charge < -0.3 is 10.0 Å². The second-order valence-corrected chi connectivity index (χ2v) is 5.89. The molecule has 0 radical (unpaired) electrons. The van der Waals surface area contributed by atoms with Gasteiger partial charge in [0.25, 0.3) is 5.91 Å². The second-order valence-electron chi connectivity index (χ2n) is 5.89. The minimum Gasteiger partial charge on any atom is -0.481 e. The van der Waals surface area contributed by atoms with Crippen molar-refractivity contribution in [3.63, 3.8) is 0 Å². The van der Waals surface area contributed by atoms with E-state index in [0.717, 1.165) is 12.1 Å². The maximum Gasteiger partial charge on any atom is 0.305 e. The molecule has 0 fully saturated rings. The van der Waals surface area contributed by atoms with Crippen LogP contribution in [0.5, 0.6) is 0 Å². The average Bonchev–Trinajstić information content (AvgIpc) is 3.04. The Balaban J connectivity index is 2.22. The fourth-order valence-electron chi connectivity index (χ4n) is 2.24. The first-order chi connectivity index (χ1) is 11.8. The quantitative estimate of drug-likeness (QED) is 0.832. The van der Waals surface area contributed by atoms with Crippen molar-refractivity contribution in [1.29, 1.82) is 0 Å². The Bertz CT molecular complexity index is 774. The summed E-state index contributed by atoms with van der Waals surface area (Å²) in [5, 5.41) is 13.0. The number of carboxylic acid groups (broad SMARTS) is 1. The van der Waals surface area contributed by atoms with Crippen molar-refractivity contribution in [1.82, 2.24) is 14.7 Å².